The van der Waals surface area contributed by atoms with Gasteiger partial charge in [-0.3, -0.25) is 0 Å². The molecule has 0 saturated heterocycles. The third kappa shape index (κ3) is 6.30. The highest BCUT2D eigenvalue weighted by Crippen LogP contribution is 2.42. The molecule has 2 rings (SSSR count). The molecule has 1 aliphatic rings. The molecule has 0 heterocycles. The van der Waals surface area contributed by atoms with Crippen LogP contribution >= 0.6 is 0 Å². The third-order valence-electron chi connectivity index (χ3n) is 5.55. The second kappa shape index (κ2) is 8.33. The maximum Gasteiger partial charge on any atom is 0.00967 e. The summed E-state index contributed by atoms with van der Waals surface area (Å²) in [6.07, 6.45) is 11.1. The standard InChI is InChI=1S/C22H37N/c1-5-6-10-19-13-15-22(16-14-19,18-23-21(2,3)4)17-20-11-8-7-9-12-20/h7-9,11-12,19,23H,5-6,10,13-18H2,1-4H3. The number of hydrogen-bond acceptors (Lipinski definition) is 1. The minimum absolute atomic E-state index is 0.211. The van der Waals surface area contributed by atoms with Crippen molar-refractivity contribution in [2.45, 2.75) is 84.6 Å². The quantitative estimate of drug-likeness (QED) is 0.652. The monoisotopic (exact) mass is 315 g/mol. The number of hydrogen-bond donors (Lipinski definition) is 1. The van der Waals surface area contributed by atoms with Gasteiger partial charge in [0.05, 0.1) is 0 Å². The molecule has 1 saturated carbocycles. The number of benzene rings is 1. The van der Waals surface area contributed by atoms with E-state index in [2.05, 4.69) is 63.3 Å². The number of unbranched alkanes of at least 4 members (excludes halogenated alkanes) is 1. The first kappa shape index (κ1) is 18.5. The summed E-state index contributed by atoms with van der Waals surface area (Å²) >= 11 is 0. The normalized spacial score (nSPS) is 25.5. The van der Waals surface area contributed by atoms with E-state index < -0.39 is 0 Å². The van der Waals surface area contributed by atoms with Crippen molar-refractivity contribution in [2.24, 2.45) is 11.3 Å². The van der Waals surface area contributed by atoms with Gasteiger partial charge in [0.15, 0.2) is 0 Å². The van der Waals surface area contributed by atoms with Crippen molar-refractivity contribution in [1.29, 1.82) is 0 Å². The molecule has 130 valence electrons. The molecule has 0 unspecified atom stereocenters. The van der Waals surface area contributed by atoms with E-state index in [-0.39, 0.29) is 5.54 Å². The van der Waals surface area contributed by atoms with E-state index in [0.29, 0.717) is 5.41 Å². The molecule has 0 spiro atoms. The van der Waals surface area contributed by atoms with Crippen molar-refractivity contribution < 1.29 is 0 Å². The van der Waals surface area contributed by atoms with Gasteiger partial charge < -0.3 is 5.32 Å². The van der Waals surface area contributed by atoms with Crippen LogP contribution in [0.5, 0.6) is 0 Å². The second-order valence-corrected chi connectivity index (χ2v) is 8.85. The fraction of sp³-hybridized carbons (Fsp3) is 0.727. The zero-order valence-electron chi connectivity index (χ0n) is 15.8. The van der Waals surface area contributed by atoms with Crippen LogP contribution in [0.15, 0.2) is 30.3 Å². The predicted octanol–water partition coefficient (Wildman–Crippen LogP) is 5.98. The Morgan fingerprint density at radius 2 is 1.74 bits per heavy atom. The van der Waals surface area contributed by atoms with Crippen molar-refractivity contribution in [1.82, 2.24) is 5.32 Å². The van der Waals surface area contributed by atoms with Gasteiger partial charge >= 0.3 is 0 Å². The summed E-state index contributed by atoms with van der Waals surface area (Å²) in [5, 5.41) is 3.81. The number of nitrogens with one attached hydrogen (secondary N) is 1. The van der Waals surface area contributed by atoms with Gasteiger partial charge in [0, 0.05) is 12.1 Å². The zero-order valence-corrected chi connectivity index (χ0v) is 15.8. The molecule has 0 radical (unpaired) electrons. The summed E-state index contributed by atoms with van der Waals surface area (Å²) in [6, 6.07) is 11.1. The molecule has 0 amide bonds. The van der Waals surface area contributed by atoms with E-state index in [1.54, 1.807) is 0 Å². The first-order valence-electron chi connectivity index (χ1n) is 9.71. The molecule has 1 aromatic carbocycles. The molecule has 1 aliphatic carbocycles. The topological polar surface area (TPSA) is 12.0 Å². The first-order chi connectivity index (χ1) is 10.9. The Bertz CT molecular complexity index is 435. The van der Waals surface area contributed by atoms with Gasteiger partial charge in [0.25, 0.3) is 0 Å². The van der Waals surface area contributed by atoms with Crippen LogP contribution in [0.4, 0.5) is 0 Å². The van der Waals surface area contributed by atoms with Crippen molar-refractivity contribution in [3.8, 4) is 0 Å². The van der Waals surface area contributed by atoms with Crippen LogP contribution in [0.3, 0.4) is 0 Å². The Morgan fingerprint density at radius 3 is 2.30 bits per heavy atom. The molecule has 1 aromatic rings. The Kier molecular flexibility index (Phi) is 6.71. The maximum absolute atomic E-state index is 3.81. The molecule has 1 heteroatoms. The van der Waals surface area contributed by atoms with E-state index in [0.717, 1.165) is 12.5 Å². The van der Waals surface area contributed by atoms with Gasteiger partial charge in [-0.15, -0.1) is 0 Å². The molecule has 0 bridgehead atoms. The summed E-state index contributed by atoms with van der Waals surface area (Å²) < 4.78 is 0. The summed E-state index contributed by atoms with van der Waals surface area (Å²) in [7, 11) is 0. The minimum Gasteiger partial charge on any atom is -0.312 e. The van der Waals surface area contributed by atoms with E-state index >= 15 is 0 Å². The van der Waals surface area contributed by atoms with Gasteiger partial charge in [-0.25, -0.2) is 0 Å². The van der Waals surface area contributed by atoms with E-state index in [9.17, 15) is 0 Å². The average molecular weight is 316 g/mol. The molecule has 0 aromatic heterocycles. The van der Waals surface area contributed by atoms with Crippen LogP contribution in [0.1, 0.15) is 78.2 Å². The van der Waals surface area contributed by atoms with Gasteiger partial charge in [-0.2, -0.15) is 0 Å². The fourth-order valence-corrected chi connectivity index (χ4v) is 3.97. The zero-order chi connectivity index (χ0) is 16.8. The Balaban J connectivity index is 2.01. The maximum atomic E-state index is 3.81. The van der Waals surface area contributed by atoms with Crippen molar-refractivity contribution in [3.63, 3.8) is 0 Å². The molecule has 23 heavy (non-hydrogen) atoms. The van der Waals surface area contributed by atoms with Crippen LogP contribution < -0.4 is 5.32 Å². The second-order valence-electron chi connectivity index (χ2n) is 8.85. The minimum atomic E-state index is 0.211. The van der Waals surface area contributed by atoms with Gasteiger partial charge in [-0.05, 0) is 69.8 Å². The van der Waals surface area contributed by atoms with E-state index in [1.165, 1.54) is 56.9 Å². The van der Waals surface area contributed by atoms with Gasteiger partial charge in [-0.1, -0.05) is 56.5 Å². The lowest BCUT2D eigenvalue weighted by molar-refractivity contribution is 0.128. The van der Waals surface area contributed by atoms with Crippen molar-refractivity contribution in [3.05, 3.63) is 35.9 Å². The lowest BCUT2D eigenvalue weighted by Crippen LogP contribution is -2.46. The molecule has 1 nitrogen and oxygen atoms in total. The highest BCUT2D eigenvalue weighted by Gasteiger charge is 2.35. The summed E-state index contributed by atoms with van der Waals surface area (Å²) in [4.78, 5) is 0. The molecule has 1 N–H and O–H groups in total. The lowest BCUT2D eigenvalue weighted by atomic mass is 9.66. The van der Waals surface area contributed by atoms with Crippen LogP contribution in [-0.2, 0) is 6.42 Å². The number of rotatable bonds is 7. The molecular weight excluding hydrogens is 278 g/mol. The fourth-order valence-electron chi connectivity index (χ4n) is 3.97. The Hall–Kier alpha value is -0.820. The molecule has 0 atom stereocenters. The molecule has 1 fully saturated rings. The highest BCUT2D eigenvalue weighted by molar-refractivity contribution is 5.17. The SMILES string of the molecule is CCCCC1CCC(CNC(C)(C)C)(Cc2ccccc2)CC1. The van der Waals surface area contributed by atoms with Crippen LogP contribution in [0.2, 0.25) is 0 Å². The average Bonchev–Trinajstić information content (AvgIpc) is 2.53. The summed E-state index contributed by atoms with van der Waals surface area (Å²) in [6.45, 7) is 10.3. The smallest absolute Gasteiger partial charge is 0.00967 e. The van der Waals surface area contributed by atoms with Crippen molar-refractivity contribution in [2.75, 3.05) is 6.54 Å². The lowest BCUT2D eigenvalue weighted by Gasteiger charge is -2.42. The van der Waals surface area contributed by atoms with E-state index in [1.807, 2.05) is 0 Å². The third-order valence-corrected chi connectivity index (χ3v) is 5.55. The van der Waals surface area contributed by atoms with Crippen LogP contribution in [0.25, 0.3) is 0 Å². The van der Waals surface area contributed by atoms with Gasteiger partial charge in [0.2, 0.25) is 0 Å². The van der Waals surface area contributed by atoms with Crippen LogP contribution in [-0.4, -0.2) is 12.1 Å². The Morgan fingerprint density at radius 1 is 1.09 bits per heavy atom. The van der Waals surface area contributed by atoms with Crippen LogP contribution in [0, 0.1) is 11.3 Å². The first-order valence-corrected chi connectivity index (χ1v) is 9.71. The van der Waals surface area contributed by atoms with Crippen molar-refractivity contribution >= 4 is 0 Å². The van der Waals surface area contributed by atoms with E-state index in [4.69, 9.17) is 0 Å². The summed E-state index contributed by atoms with van der Waals surface area (Å²) in [5.41, 5.74) is 2.18. The Labute approximate surface area is 144 Å². The largest absolute Gasteiger partial charge is 0.312 e. The predicted molar refractivity (Wildman–Crippen MR) is 102 cm³/mol. The highest BCUT2D eigenvalue weighted by atomic mass is 15.0. The molecular formula is C22H37N. The van der Waals surface area contributed by atoms with Gasteiger partial charge in [0.1, 0.15) is 0 Å². The molecule has 0 aliphatic heterocycles. The summed E-state index contributed by atoms with van der Waals surface area (Å²) in [5.74, 6) is 0.980.